The van der Waals surface area contributed by atoms with Crippen LogP contribution in [0.2, 0.25) is 0 Å². The first-order chi connectivity index (χ1) is 6.02. The van der Waals surface area contributed by atoms with Gasteiger partial charge in [-0.2, -0.15) is 0 Å². The maximum atomic E-state index is 10.5. The van der Waals surface area contributed by atoms with E-state index in [-0.39, 0.29) is 18.4 Å². The topological polar surface area (TPSA) is 43.4 Å². The molecule has 0 aromatic carbocycles. The Hall–Kier alpha value is -1.38. The maximum Gasteiger partial charge on any atom is 0.302 e. The molecule has 3 nitrogen and oxygen atoms in total. The van der Waals surface area contributed by atoms with Crippen molar-refractivity contribution in [3.05, 3.63) is 23.8 Å². The van der Waals surface area contributed by atoms with Crippen molar-refractivity contribution in [1.29, 1.82) is 0 Å². The molecule has 0 saturated carbocycles. The molecule has 0 unspecified atom stereocenters. The number of ether oxygens (including phenoxy) is 1. The minimum Gasteiger partial charge on any atom is -0.461 e. The van der Waals surface area contributed by atoms with Gasteiger partial charge in [-0.05, 0) is 25.5 Å². The van der Waals surface area contributed by atoms with Gasteiger partial charge in [0.2, 0.25) is 0 Å². The lowest BCUT2D eigenvalue weighted by molar-refractivity contribution is -0.140. The number of carbonyl (C=O) groups is 2. The molecule has 0 aliphatic heterocycles. The van der Waals surface area contributed by atoms with E-state index >= 15 is 0 Å². The van der Waals surface area contributed by atoms with Crippen LogP contribution in [0.1, 0.15) is 20.8 Å². The van der Waals surface area contributed by atoms with Crippen molar-refractivity contribution in [2.75, 3.05) is 6.61 Å². The Labute approximate surface area is 78.1 Å². The Morgan fingerprint density at radius 1 is 1.23 bits per heavy atom. The van der Waals surface area contributed by atoms with Crippen LogP contribution in [-0.4, -0.2) is 18.4 Å². The van der Waals surface area contributed by atoms with Gasteiger partial charge in [-0.25, -0.2) is 0 Å². The highest BCUT2D eigenvalue weighted by atomic mass is 16.5. The van der Waals surface area contributed by atoms with Crippen LogP contribution in [0.5, 0.6) is 0 Å². The highest BCUT2D eigenvalue weighted by Gasteiger charge is 1.92. The normalized spacial score (nSPS) is 11.8. The van der Waals surface area contributed by atoms with Gasteiger partial charge < -0.3 is 4.74 Å². The summed E-state index contributed by atoms with van der Waals surface area (Å²) < 4.78 is 4.74. The summed E-state index contributed by atoms with van der Waals surface area (Å²) >= 11 is 0. The Balaban J connectivity index is 3.88. The van der Waals surface area contributed by atoms with Crippen LogP contribution in [0.25, 0.3) is 0 Å². The van der Waals surface area contributed by atoms with Crippen molar-refractivity contribution in [2.45, 2.75) is 20.8 Å². The van der Waals surface area contributed by atoms with Crippen molar-refractivity contribution in [3.8, 4) is 0 Å². The van der Waals surface area contributed by atoms with Gasteiger partial charge >= 0.3 is 5.97 Å². The molecule has 0 N–H and O–H groups in total. The fourth-order valence-corrected chi connectivity index (χ4v) is 0.611. The van der Waals surface area contributed by atoms with Gasteiger partial charge in [0.1, 0.15) is 6.61 Å². The molecule has 0 atom stereocenters. The quantitative estimate of drug-likeness (QED) is 0.377. The smallest absolute Gasteiger partial charge is 0.302 e. The monoisotopic (exact) mass is 182 g/mol. The minimum atomic E-state index is -0.303. The van der Waals surface area contributed by atoms with E-state index < -0.39 is 0 Å². The number of esters is 1. The van der Waals surface area contributed by atoms with Crippen LogP contribution < -0.4 is 0 Å². The number of allylic oxidation sites excluding steroid dienone is 3. The molecular weight excluding hydrogens is 168 g/mol. The predicted octanol–water partition coefficient (Wildman–Crippen LogP) is 1.64. The van der Waals surface area contributed by atoms with Crippen LogP contribution in [0.3, 0.4) is 0 Å². The SMILES string of the molecule is CC(=O)/C=C/C=C(\C)COC(C)=O. The van der Waals surface area contributed by atoms with Crippen molar-refractivity contribution >= 4 is 11.8 Å². The molecule has 3 heteroatoms. The van der Waals surface area contributed by atoms with Gasteiger partial charge in [-0.15, -0.1) is 0 Å². The van der Waals surface area contributed by atoms with E-state index in [9.17, 15) is 9.59 Å². The molecule has 0 radical (unpaired) electrons. The Morgan fingerprint density at radius 2 is 1.85 bits per heavy atom. The predicted molar refractivity (Wildman–Crippen MR) is 50.2 cm³/mol. The van der Waals surface area contributed by atoms with E-state index in [1.807, 2.05) is 6.92 Å². The zero-order chi connectivity index (χ0) is 10.3. The van der Waals surface area contributed by atoms with E-state index in [1.54, 1.807) is 12.2 Å². The maximum absolute atomic E-state index is 10.5. The molecule has 72 valence electrons. The van der Waals surface area contributed by atoms with Gasteiger partial charge in [-0.3, -0.25) is 9.59 Å². The van der Waals surface area contributed by atoms with E-state index in [1.165, 1.54) is 19.9 Å². The van der Waals surface area contributed by atoms with Gasteiger partial charge in [0.05, 0.1) is 0 Å². The molecule has 0 saturated heterocycles. The molecule has 0 bridgehead atoms. The number of carbonyl (C=O) groups excluding carboxylic acids is 2. The zero-order valence-electron chi connectivity index (χ0n) is 8.16. The summed E-state index contributed by atoms with van der Waals surface area (Å²) in [5.41, 5.74) is 0.896. The van der Waals surface area contributed by atoms with Crippen molar-refractivity contribution in [1.82, 2.24) is 0 Å². The molecule has 0 aromatic heterocycles. The van der Waals surface area contributed by atoms with E-state index in [4.69, 9.17) is 4.74 Å². The number of hydrogen-bond acceptors (Lipinski definition) is 3. The third-order valence-corrected chi connectivity index (χ3v) is 1.21. The molecule has 0 spiro atoms. The van der Waals surface area contributed by atoms with Gasteiger partial charge in [0.15, 0.2) is 5.78 Å². The average molecular weight is 182 g/mol. The van der Waals surface area contributed by atoms with Crippen LogP contribution in [-0.2, 0) is 14.3 Å². The summed E-state index contributed by atoms with van der Waals surface area (Å²) in [4.78, 5) is 20.9. The van der Waals surface area contributed by atoms with Crippen LogP contribution in [0.4, 0.5) is 0 Å². The largest absolute Gasteiger partial charge is 0.461 e. The van der Waals surface area contributed by atoms with E-state index in [0.29, 0.717) is 0 Å². The Morgan fingerprint density at radius 3 is 2.31 bits per heavy atom. The summed E-state index contributed by atoms with van der Waals surface area (Å²) in [6, 6.07) is 0. The number of ketones is 1. The molecule has 13 heavy (non-hydrogen) atoms. The van der Waals surface area contributed by atoms with E-state index in [0.717, 1.165) is 5.57 Å². The number of hydrogen-bond donors (Lipinski definition) is 0. The molecule has 0 heterocycles. The lowest BCUT2D eigenvalue weighted by Gasteiger charge is -1.99. The molecular formula is C10H14O3. The second kappa shape index (κ2) is 6.17. The van der Waals surface area contributed by atoms with Gasteiger partial charge in [-0.1, -0.05) is 12.2 Å². The average Bonchev–Trinajstić information content (AvgIpc) is 2.00. The van der Waals surface area contributed by atoms with E-state index in [2.05, 4.69) is 0 Å². The van der Waals surface area contributed by atoms with Crippen molar-refractivity contribution in [2.24, 2.45) is 0 Å². The third-order valence-electron chi connectivity index (χ3n) is 1.21. The fourth-order valence-electron chi connectivity index (χ4n) is 0.611. The molecule has 0 aliphatic carbocycles. The summed E-state index contributed by atoms with van der Waals surface area (Å²) in [6.45, 7) is 4.94. The first kappa shape index (κ1) is 11.6. The third kappa shape index (κ3) is 8.53. The second-order valence-electron chi connectivity index (χ2n) is 2.76. The summed E-state index contributed by atoms with van der Waals surface area (Å²) in [5, 5.41) is 0. The summed E-state index contributed by atoms with van der Waals surface area (Å²) in [7, 11) is 0. The van der Waals surface area contributed by atoms with Crippen LogP contribution >= 0.6 is 0 Å². The van der Waals surface area contributed by atoms with Crippen LogP contribution in [0.15, 0.2) is 23.8 Å². The first-order valence-corrected chi connectivity index (χ1v) is 4.00. The molecule has 0 rings (SSSR count). The van der Waals surface area contributed by atoms with Gasteiger partial charge in [0, 0.05) is 6.92 Å². The first-order valence-electron chi connectivity index (χ1n) is 4.00. The molecule has 0 amide bonds. The van der Waals surface area contributed by atoms with Gasteiger partial charge in [0.25, 0.3) is 0 Å². The Kier molecular flexibility index (Phi) is 5.52. The lowest BCUT2D eigenvalue weighted by atomic mass is 10.3. The Bertz CT molecular complexity index is 249. The highest BCUT2D eigenvalue weighted by Crippen LogP contribution is 1.94. The lowest BCUT2D eigenvalue weighted by Crippen LogP contribution is -2.00. The molecule has 0 fully saturated rings. The number of rotatable bonds is 4. The molecule has 0 aliphatic rings. The minimum absolute atomic E-state index is 0.00321. The second-order valence-corrected chi connectivity index (χ2v) is 2.76. The van der Waals surface area contributed by atoms with Crippen molar-refractivity contribution in [3.63, 3.8) is 0 Å². The van der Waals surface area contributed by atoms with Crippen molar-refractivity contribution < 1.29 is 14.3 Å². The molecule has 0 aromatic rings. The summed E-state index contributed by atoms with van der Waals surface area (Å²) in [6.07, 6.45) is 4.84. The highest BCUT2D eigenvalue weighted by molar-refractivity contribution is 5.87. The zero-order valence-corrected chi connectivity index (χ0v) is 8.16. The standard InChI is InChI=1S/C10H14O3/c1-8(7-13-10(3)12)5-4-6-9(2)11/h4-6H,7H2,1-3H3/b6-4+,8-5+. The summed E-state index contributed by atoms with van der Waals surface area (Å²) in [5.74, 6) is -0.306. The van der Waals surface area contributed by atoms with Crippen LogP contribution in [0, 0.1) is 0 Å². The fraction of sp³-hybridized carbons (Fsp3) is 0.400.